The lowest BCUT2D eigenvalue weighted by Gasteiger charge is -2.30. The molecule has 4 aromatic rings. The van der Waals surface area contributed by atoms with Crippen molar-refractivity contribution in [1.82, 2.24) is 4.98 Å². The molecular weight excluding hydrogens is 620 g/mol. The van der Waals surface area contributed by atoms with Crippen molar-refractivity contribution in [1.29, 1.82) is 0 Å². The van der Waals surface area contributed by atoms with Crippen LogP contribution in [0.2, 0.25) is 0 Å². The average molecular weight is 647 g/mol. The van der Waals surface area contributed by atoms with Crippen molar-refractivity contribution in [3.8, 4) is 11.5 Å². The number of thioether (sulfide) groups is 1. The summed E-state index contributed by atoms with van der Waals surface area (Å²) in [5.41, 5.74) is 2.38. The molecule has 0 bridgehead atoms. The first-order valence-corrected chi connectivity index (χ1v) is 15.6. The summed E-state index contributed by atoms with van der Waals surface area (Å²) in [4.78, 5) is 67.4. The number of H-pyrrole nitrogens is 1. The Balaban J connectivity index is 1.30. The average Bonchev–Trinajstić information content (AvgIpc) is 3.51. The van der Waals surface area contributed by atoms with E-state index in [9.17, 15) is 29.3 Å². The van der Waals surface area contributed by atoms with Crippen LogP contribution in [-0.4, -0.2) is 46.1 Å². The number of non-ortho nitro benzene ring substituents is 1. The molecule has 0 aliphatic carbocycles. The number of hydrogen-bond donors (Lipinski definition) is 2. The van der Waals surface area contributed by atoms with Crippen LogP contribution in [0.25, 0.3) is 0 Å². The minimum atomic E-state index is -0.863. The van der Waals surface area contributed by atoms with E-state index in [-0.39, 0.29) is 35.4 Å². The highest BCUT2D eigenvalue weighted by Gasteiger charge is 2.56. The highest BCUT2D eigenvalue weighted by atomic mass is 32.2. The number of anilines is 2. The summed E-state index contributed by atoms with van der Waals surface area (Å²) in [5.74, 6) is -2.21. The smallest absolute Gasteiger partial charge is 0.305 e. The van der Waals surface area contributed by atoms with Gasteiger partial charge in [0, 0.05) is 28.6 Å². The van der Waals surface area contributed by atoms with E-state index in [1.807, 2.05) is 19.1 Å². The van der Waals surface area contributed by atoms with E-state index in [0.717, 1.165) is 33.6 Å². The summed E-state index contributed by atoms with van der Waals surface area (Å²) in [6.07, 6.45) is 0. The second-order valence-corrected chi connectivity index (χ2v) is 12.5. The quantitative estimate of drug-likeness (QED) is 0.147. The number of hydrogen-bond acceptors (Lipinski definition) is 10. The van der Waals surface area contributed by atoms with Crippen LogP contribution in [0.5, 0.6) is 11.5 Å². The Kier molecular flexibility index (Phi) is 8.16. The number of ether oxygens (including phenoxy) is 2. The van der Waals surface area contributed by atoms with Gasteiger partial charge < -0.3 is 19.8 Å². The number of benzene rings is 3. The Hall–Kier alpha value is -4.95. The fourth-order valence-electron chi connectivity index (χ4n) is 5.44. The third-order valence-electron chi connectivity index (χ3n) is 7.46. The van der Waals surface area contributed by atoms with Crippen molar-refractivity contribution in [2.45, 2.75) is 30.0 Å². The standard InChI is InChI=1S/C31H26N4O8S2/c1-3-42-22-14-17(6-13-21(22)43-15-23(36)32-18-7-4-16(2)5-8-18)24-25-27(44-28-26(24)45-31(39)33-28)30(38)34(29(25)37)19-9-11-20(12-10-19)35(40)41/h4-14,24-25,27H,3,15H2,1-2H3,(H,32,36)(H,33,39)/t24-,25?,27?/m1/s1. The lowest BCUT2D eigenvalue weighted by molar-refractivity contribution is -0.384. The first kappa shape index (κ1) is 30.1. The van der Waals surface area contributed by atoms with Gasteiger partial charge in [-0.2, -0.15) is 0 Å². The third-order valence-corrected chi connectivity index (χ3v) is 9.86. The molecule has 1 saturated heterocycles. The van der Waals surface area contributed by atoms with Gasteiger partial charge in [0.25, 0.3) is 11.6 Å². The highest BCUT2D eigenvalue weighted by molar-refractivity contribution is 8.00. The lowest BCUT2D eigenvalue weighted by atomic mass is 9.83. The highest BCUT2D eigenvalue weighted by Crippen LogP contribution is 2.53. The maximum absolute atomic E-state index is 14.0. The maximum atomic E-state index is 14.0. The summed E-state index contributed by atoms with van der Waals surface area (Å²) in [5, 5.41) is 13.6. The van der Waals surface area contributed by atoms with Gasteiger partial charge in [-0.1, -0.05) is 46.9 Å². The van der Waals surface area contributed by atoms with Crippen molar-refractivity contribution in [3.63, 3.8) is 0 Å². The second-order valence-electron chi connectivity index (χ2n) is 10.4. The monoisotopic (exact) mass is 646 g/mol. The van der Waals surface area contributed by atoms with Crippen LogP contribution in [0.1, 0.15) is 28.8 Å². The molecular formula is C31H26N4O8S2. The molecule has 0 saturated carbocycles. The number of imide groups is 1. The largest absolute Gasteiger partial charge is 0.490 e. The molecule has 6 rings (SSSR count). The van der Waals surface area contributed by atoms with E-state index in [0.29, 0.717) is 32.7 Å². The maximum Gasteiger partial charge on any atom is 0.305 e. The molecule has 2 aliphatic heterocycles. The van der Waals surface area contributed by atoms with Crippen molar-refractivity contribution in [3.05, 3.63) is 103 Å². The number of carbonyl (C=O) groups is 3. The number of carbonyl (C=O) groups excluding carboxylic acids is 3. The van der Waals surface area contributed by atoms with Crippen LogP contribution in [0.3, 0.4) is 0 Å². The zero-order valence-electron chi connectivity index (χ0n) is 24.0. The molecule has 12 nitrogen and oxygen atoms in total. The van der Waals surface area contributed by atoms with Crippen molar-refractivity contribution in [2.75, 3.05) is 23.4 Å². The van der Waals surface area contributed by atoms with Crippen LogP contribution >= 0.6 is 23.1 Å². The molecule has 3 aromatic carbocycles. The number of nitrogens with one attached hydrogen (secondary N) is 2. The molecule has 1 aromatic heterocycles. The molecule has 3 atom stereocenters. The summed E-state index contributed by atoms with van der Waals surface area (Å²) in [6, 6.07) is 17.7. The Morgan fingerprint density at radius 2 is 1.73 bits per heavy atom. The number of nitrogens with zero attached hydrogens (tertiary/aromatic N) is 2. The number of nitro benzene ring substituents is 1. The molecule has 0 radical (unpaired) electrons. The Morgan fingerprint density at radius 3 is 2.42 bits per heavy atom. The fraction of sp³-hybridized carbons (Fsp3) is 0.226. The normalized spacial score (nSPS) is 18.7. The number of aromatic nitrogens is 1. The van der Waals surface area contributed by atoms with Gasteiger partial charge in [0.2, 0.25) is 11.8 Å². The van der Waals surface area contributed by atoms with Gasteiger partial charge in [0.1, 0.15) is 5.25 Å². The molecule has 1 fully saturated rings. The predicted octanol–water partition coefficient (Wildman–Crippen LogP) is 4.87. The number of rotatable bonds is 9. The number of nitro groups is 1. The van der Waals surface area contributed by atoms with Crippen LogP contribution in [0, 0.1) is 23.0 Å². The van der Waals surface area contributed by atoms with E-state index in [2.05, 4.69) is 10.3 Å². The number of aryl methyl sites for hydroxylation is 1. The van der Waals surface area contributed by atoms with E-state index < -0.39 is 33.8 Å². The molecule has 2 N–H and O–H groups in total. The molecule has 45 heavy (non-hydrogen) atoms. The Morgan fingerprint density at radius 1 is 1.00 bits per heavy atom. The molecule has 3 amide bonds. The Labute approximate surface area is 264 Å². The SMILES string of the molecule is CCOc1cc([C@H]2c3sc(=O)[nH]c3SC3C(=O)N(c4ccc([N+](=O)[O-])cc4)C(=O)C32)ccc1OCC(=O)Nc1ccc(C)cc1. The number of amides is 3. The van der Waals surface area contributed by atoms with Gasteiger partial charge in [-0.15, -0.1) is 0 Å². The van der Waals surface area contributed by atoms with Crippen molar-refractivity contribution < 1.29 is 28.8 Å². The summed E-state index contributed by atoms with van der Waals surface area (Å²) < 4.78 is 11.7. The number of thiazole rings is 1. The first-order chi connectivity index (χ1) is 21.6. The van der Waals surface area contributed by atoms with Gasteiger partial charge >= 0.3 is 4.87 Å². The zero-order valence-corrected chi connectivity index (χ0v) is 25.6. The number of fused-ring (bicyclic) bond motifs is 2. The van der Waals surface area contributed by atoms with Crippen molar-refractivity contribution in [2.24, 2.45) is 5.92 Å². The summed E-state index contributed by atoms with van der Waals surface area (Å²) in [6.45, 7) is 3.76. The van der Waals surface area contributed by atoms with Gasteiger partial charge in [-0.25, -0.2) is 4.90 Å². The molecule has 230 valence electrons. The van der Waals surface area contributed by atoms with Gasteiger partial charge in [-0.3, -0.25) is 29.3 Å². The van der Waals surface area contributed by atoms with E-state index >= 15 is 0 Å². The fourth-order valence-corrected chi connectivity index (χ4v) is 7.95. The Bertz CT molecular complexity index is 1870. The minimum Gasteiger partial charge on any atom is -0.490 e. The predicted molar refractivity (Wildman–Crippen MR) is 168 cm³/mol. The molecule has 2 unspecified atom stereocenters. The molecule has 14 heteroatoms. The minimum absolute atomic E-state index is 0.166. The van der Waals surface area contributed by atoms with Gasteiger partial charge in [0.05, 0.1) is 28.2 Å². The van der Waals surface area contributed by atoms with E-state index in [4.69, 9.17) is 9.47 Å². The van der Waals surface area contributed by atoms with Crippen LogP contribution < -0.4 is 24.6 Å². The summed E-state index contributed by atoms with van der Waals surface area (Å²) >= 11 is 2.10. The summed E-state index contributed by atoms with van der Waals surface area (Å²) in [7, 11) is 0. The van der Waals surface area contributed by atoms with Crippen molar-refractivity contribution >= 4 is 57.9 Å². The van der Waals surface area contributed by atoms with Gasteiger partial charge in [0.15, 0.2) is 18.1 Å². The number of aromatic amines is 1. The molecule has 2 aliphatic rings. The van der Waals surface area contributed by atoms with Crippen LogP contribution in [-0.2, 0) is 14.4 Å². The van der Waals surface area contributed by atoms with Gasteiger partial charge in [-0.05, 0) is 55.8 Å². The van der Waals surface area contributed by atoms with E-state index in [1.165, 1.54) is 24.3 Å². The zero-order chi connectivity index (χ0) is 31.8. The lowest BCUT2D eigenvalue weighted by Crippen LogP contribution is -2.32. The molecule has 3 heterocycles. The van der Waals surface area contributed by atoms with E-state index in [1.54, 1.807) is 37.3 Å². The van der Waals surface area contributed by atoms with Crippen LogP contribution in [0.4, 0.5) is 17.1 Å². The topological polar surface area (TPSA) is 161 Å². The second kappa shape index (κ2) is 12.2. The van der Waals surface area contributed by atoms with Crippen LogP contribution in [0.15, 0.2) is 76.6 Å². The third kappa shape index (κ3) is 5.81. The first-order valence-electron chi connectivity index (χ1n) is 13.9. The molecule has 0 spiro atoms.